The standard InChI is InChI=1S/C14H15ClN2O3/c15-10-3-4-11-12(7-10)20-14(16-11)17-5-1-2-9(8-17)6-13(18)19/h3-4,7,9H,1-2,5-6,8H2,(H,18,19). The monoisotopic (exact) mass is 294 g/mol. The van der Waals surface area contributed by atoms with Crippen molar-refractivity contribution >= 4 is 34.7 Å². The molecule has 0 saturated carbocycles. The second kappa shape index (κ2) is 5.32. The van der Waals surface area contributed by atoms with Gasteiger partial charge in [-0.25, -0.2) is 0 Å². The average Bonchev–Trinajstić information content (AvgIpc) is 2.81. The van der Waals surface area contributed by atoms with E-state index in [2.05, 4.69) is 4.98 Å². The minimum Gasteiger partial charge on any atom is -0.481 e. The van der Waals surface area contributed by atoms with Crippen LogP contribution in [-0.2, 0) is 4.79 Å². The molecule has 1 N–H and O–H groups in total. The average molecular weight is 295 g/mol. The van der Waals surface area contributed by atoms with Crippen molar-refractivity contribution < 1.29 is 14.3 Å². The van der Waals surface area contributed by atoms with Crippen LogP contribution in [0.25, 0.3) is 11.1 Å². The lowest BCUT2D eigenvalue weighted by atomic mass is 9.95. The summed E-state index contributed by atoms with van der Waals surface area (Å²) in [5.41, 5.74) is 1.43. The predicted molar refractivity (Wildman–Crippen MR) is 76.2 cm³/mol. The highest BCUT2D eigenvalue weighted by Crippen LogP contribution is 2.28. The Labute approximate surface area is 121 Å². The van der Waals surface area contributed by atoms with Gasteiger partial charge in [0.2, 0.25) is 0 Å². The van der Waals surface area contributed by atoms with E-state index >= 15 is 0 Å². The molecule has 1 unspecified atom stereocenters. The minimum absolute atomic E-state index is 0.153. The van der Waals surface area contributed by atoms with Gasteiger partial charge >= 0.3 is 5.97 Å². The van der Waals surface area contributed by atoms with Gasteiger partial charge in [-0.2, -0.15) is 4.98 Å². The molecule has 1 saturated heterocycles. The van der Waals surface area contributed by atoms with Gasteiger partial charge in [-0.05, 0) is 30.9 Å². The van der Waals surface area contributed by atoms with E-state index < -0.39 is 5.97 Å². The summed E-state index contributed by atoms with van der Waals surface area (Å²) in [6.45, 7) is 1.52. The van der Waals surface area contributed by atoms with Crippen LogP contribution < -0.4 is 4.90 Å². The van der Waals surface area contributed by atoms with Gasteiger partial charge in [-0.1, -0.05) is 11.6 Å². The molecule has 2 aromatic rings. The molecule has 3 rings (SSSR count). The fraction of sp³-hybridized carbons (Fsp3) is 0.429. The van der Waals surface area contributed by atoms with E-state index in [9.17, 15) is 4.79 Å². The maximum Gasteiger partial charge on any atom is 0.303 e. The smallest absolute Gasteiger partial charge is 0.303 e. The van der Waals surface area contributed by atoms with Gasteiger partial charge in [0.25, 0.3) is 6.01 Å². The third kappa shape index (κ3) is 2.72. The van der Waals surface area contributed by atoms with Gasteiger partial charge in [-0.15, -0.1) is 0 Å². The van der Waals surface area contributed by atoms with Crippen molar-refractivity contribution in [2.24, 2.45) is 5.92 Å². The van der Waals surface area contributed by atoms with Crippen LogP contribution in [-0.4, -0.2) is 29.1 Å². The number of carboxylic acid groups (broad SMARTS) is 1. The van der Waals surface area contributed by atoms with E-state index in [1.807, 2.05) is 11.0 Å². The predicted octanol–water partition coefficient (Wildman–Crippen LogP) is 3.17. The van der Waals surface area contributed by atoms with Gasteiger partial charge < -0.3 is 14.4 Å². The van der Waals surface area contributed by atoms with E-state index in [1.54, 1.807) is 12.1 Å². The molecule has 0 spiro atoms. The molecule has 1 aromatic carbocycles. The molecule has 0 radical (unpaired) electrons. The number of piperidine rings is 1. The summed E-state index contributed by atoms with van der Waals surface area (Å²) in [5.74, 6) is -0.596. The Morgan fingerprint density at radius 2 is 2.40 bits per heavy atom. The van der Waals surface area contributed by atoms with Gasteiger partial charge in [0, 0.05) is 30.6 Å². The highest BCUT2D eigenvalue weighted by Gasteiger charge is 2.25. The van der Waals surface area contributed by atoms with Crippen molar-refractivity contribution in [3.63, 3.8) is 0 Å². The summed E-state index contributed by atoms with van der Waals surface area (Å²) in [6.07, 6.45) is 2.09. The highest BCUT2D eigenvalue weighted by molar-refractivity contribution is 6.31. The maximum absolute atomic E-state index is 10.8. The van der Waals surface area contributed by atoms with E-state index in [4.69, 9.17) is 21.1 Å². The number of oxazole rings is 1. The zero-order chi connectivity index (χ0) is 14.1. The number of aliphatic carboxylic acids is 1. The fourth-order valence-corrected chi connectivity index (χ4v) is 2.84. The minimum atomic E-state index is -0.749. The van der Waals surface area contributed by atoms with Crippen molar-refractivity contribution in [1.82, 2.24) is 4.98 Å². The molecule has 0 aliphatic carbocycles. The third-order valence-electron chi connectivity index (χ3n) is 3.59. The Kier molecular flexibility index (Phi) is 3.53. The van der Waals surface area contributed by atoms with Crippen molar-refractivity contribution in [2.75, 3.05) is 18.0 Å². The summed E-state index contributed by atoms with van der Waals surface area (Å²) >= 11 is 5.93. The van der Waals surface area contributed by atoms with Crippen molar-refractivity contribution in [2.45, 2.75) is 19.3 Å². The van der Waals surface area contributed by atoms with Crippen molar-refractivity contribution in [3.8, 4) is 0 Å². The van der Waals surface area contributed by atoms with Crippen LogP contribution in [0.15, 0.2) is 22.6 Å². The summed E-state index contributed by atoms with van der Waals surface area (Å²) in [7, 11) is 0. The number of anilines is 1. The summed E-state index contributed by atoms with van der Waals surface area (Å²) in [4.78, 5) is 17.3. The molecule has 106 valence electrons. The molecule has 0 bridgehead atoms. The van der Waals surface area contributed by atoms with Crippen LogP contribution in [0, 0.1) is 5.92 Å². The number of aromatic nitrogens is 1. The molecule has 6 heteroatoms. The van der Waals surface area contributed by atoms with Crippen LogP contribution in [0.5, 0.6) is 0 Å². The molecule has 1 fully saturated rings. The Morgan fingerprint density at radius 1 is 1.55 bits per heavy atom. The van der Waals surface area contributed by atoms with Crippen LogP contribution >= 0.6 is 11.6 Å². The second-order valence-corrected chi connectivity index (χ2v) is 5.60. The number of fused-ring (bicyclic) bond motifs is 1. The van der Waals surface area contributed by atoms with E-state index in [1.165, 1.54) is 0 Å². The third-order valence-corrected chi connectivity index (χ3v) is 3.83. The molecular formula is C14H15ClN2O3. The number of hydrogen-bond acceptors (Lipinski definition) is 4. The van der Waals surface area contributed by atoms with E-state index in [-0.39, 0.29) is 12.3 Å². The van der Waals surface area contributed by atoms with Gasteiger partial charge in [0.15, 0.2) is 5.58 Å². The molecule has 20 heavy (non-hydrogen) atoms. The Bertz CT molecular complexity index is 640. The maximum atomic E-state index is 10.8. The van der Waals surface area contributed by atoms with E-state index in [0.29, 0.717) is 23.2 Å². The number of carboxylic acids is 1. The lowest BCUT2D eigenvalue weighted by Gasteiger charge is -2.30. The van der Waals surface area contributed by atoms with Crippen molar-refractivity contribution in [3.05, 3.63) is 23.2 Å². The number of halogens is 1. The molecule has 1 atom stereocenters. The van der Waals surface area contributed by atoms with Crippen molar-refractivity contribution in [1.29, 1.82) is 0 Å². The summed E-state index contributed by atoms with van der Waals surface area (Å²) in [6, 6.07) is 5.90. The number of carbonyl (C=O) groups is 1. The molecule has 1 aliphatic heterocycles. The Morgan fingerprint density at radius 3 is 3.20 bits per heavy atom. The first-order chi connectivity index (χ1) is 9.61. The number of benzene rings is 1. The normalized spacial score (nSPS) is 19.4. The quantitative estimate of drug-likeness (QED) is 0.942. The fourth-order valence-electron chi connectivity index (χ4n) is 2.67. The van der Waals surface area contributed by atoms with E-state index in [0.717, 1.165) is 24.9 Å². The lowest BCUT2D eigenvalue weighted by Crippen LogP contribution is -2.36. The van der Waals surface area contributed by atoms with Crippen LogP contribution in [0.4, 0.5) is 6.01 Å². The van der Waals surface area contributed by atoms with Crippen LogP contribution in [0.2, 0.25) is 5.02 Å². The zero-order valence-electron chi connectivity index (χ0n) is 10.9. The van der Waals surface area contributed by atoms with Crippen LogP contribution in [0.3, 0.4) is 0 Å². The number of nitrogens with zero attached hydrogens (tertiary/aromatic N) is 2. The number of rotatable bonds is 3. The topological polar surface area (TPSA) is 66.6 Å². The second-order valence-electron chi connectivity index (χ2n) is 5.16. The molecule has 1 aromatic heterocycles. The summed E-state index contributed by atoms with van der Waals surface area (Å²) < 4.78 is 5.72. The van der Waals surface area contributed by atoms with Gasteiger partial charge in [-0.3, -0.25) is 4.79 Å². The van der Waals surface area contributed by atoms with Crippen LogP contribution in [0.1, 0.15) is 19.3 Å². The molecule has 2 heterocycles. The zero-order valence-corrected chi connectivity index (χ0v) is 11.6. The molecule has 5 nitrogen and oxygen atoms in total. The first kappa shape index (κ1) is 13.2. The molecular weight excluding hydrogens is 280 g/mol. The Balaban J connectivity index is 1.81. The molecule has 0 amide bonds. The largest absolute Gasteiger partial charge is 0.481 e. The lowest BCUT2D eigenvalue weighted by molar-refractivity contribution is -0.138. The highest BCUT2D eigenvalue weighted by atomic mass is 35.5. The molecule has 1 aliphatic rings. The Hall–Kier alpha value is -1.75. The van der Waals surface area contributed by atoms with Gasteiger partial charge in [0.1, 0.15) is 5.52 Å². The van der Waals surface area contributed by atoms with Gasteiger partial charge in [0.05, 0.1) is 0 Å². The summed E-state index contributed by atoms with van der Waals surface area (Å²) in [5, 5.41) is 9.51. The number of hydrogen-bond donors (Lipinski definition) is 1. The first-order valence-corrected chi connectivity index (χ1v) is 7.02. The first-order valence-electron chi connectivity index (χ1n) is 6.64. The SMILES string of the molecule is O=C(O)CC1CCCN(c2nc3ccc(Cl)cc3o2)C1.